The van der Waals surface area contributed by atoms with E-state index in [9.17, 15) is 12.8 Å². The molecule has 1 saturated heterocycles. The predicted octanol–water partition coefficient (Wildman–Crippen LogP) is 3.69. The summed E-state index contributed by atoms with van der Waals surface area (Å²) in [4.78, 5) is -0.115. The average Bonchev–Trinajstić information content (AvgIpc) is 3.38. The number of hydrogen-bond donors (Lipinski definition) is 1. The molecule has 2 heterocycles. The average molecular weight is 465 g/mol. The van der Waals surface area contributed by atoms with Crippen molar-refractivity contribution < 1.29 is 21.9 Å². The van der Waals surface area contributed by atoms with Crippen molar-refractivity contribution in [1.82, 2.24) is 19.5 Å². The molecule has 1 N–H and O–H groups in total. The Morgan fingerprint density at radius 1 is 1.25 bits per heavy atom. The topological polar surface area (TPSA) is 86.1 Å². The molecule has 2 aliphatic rings. The van der Waals surface area contributed by atoms with E-state index in [1.54, 1.807) is 16.7 Å². The van der Waals surface area contributed by atoms with Crippen molar-refractivity contribution in [2.24, 2.45) is 0 Å². The number of benzene rings is 1. The molecule has 0 spiro atoms. The lowest BCUT2D eigenvalue weighted by Crippen LogP contribution is -2.49. The Kier molecular flexibility index (Phi) is 5.81. The van der Waals surface area contributed by atoms with Gasteiger partial charge in [0.25, 0.3) is 0 Å². The molecule has 10 heteroatoms. The molecule has 0 saturated carbocycles. The quantitative estimate of drug-likeness (QED) is 0.682. The molecule has 4 rings (SSSR count). The number of ether oxygens (including phenoxy) is 1. The first kappa shape index (κ1) is 22.8. The van der Waals surface area contributed by atoms with Crippen LogP contribution in [0.15, 0.2) is 59.5 Å². The fourth-order valence-electron chi connectivity index (χ4n) is 3.93. The number of sulfonamides is 1. The Balaban J connectivity index is 1.67. The van der Waals surface area contributed by atoms with Crippen molar-refractivity contribution in [3.8, 4) is 0 Å². The molecule has 1 aromatic carbocycles. The molecule has 7 nitrogen and oxygen atoms in total. The van der Waals surface area contributed by atoms with Gasteiger partial charge in [-0.1, -0.05) is 39.0 Å². The fraction of sp³-hybridized carbons (Fsp3) is 0.455. The SMILES string of the molecule is CC(C)(C)c1ccc(S(=O)(=O)NC2(F)C=C(F)C=CC2c2nncn2C2CCOC2)cc1. The highest BCUT2D eigenvalue weighted by atomic mass is 32.2. The zero-order chi connectivity index (χ0) is 23.1. The zero-order valence-corrected chi connectivity index (χ0v) is 18.9. The van der Waals surface area contributed by atoms with E-state index in [-0.39, 0.29) is 22.2 Å². The number of nitrogens with one attached hydrogen (secondary N) is 1. The molecular weight excluding hydrogens is 438 g/mol. The van der Waals surface area contributed by atoms with Crippen LogP contribution in [0, 0.1) is 0 Å². The maximum atomic E-state index is 16.2. The van der Waals surface area contributed by atoms with Crippen molar-refractivity contribution >= 4 is 10.0 Å². The number of allylic oxidation sites excluding steroid dienone is 2. The van der Waals surface area contributed by atoms with E-state index >= 15 is 4.39 Å². The second-order valence-corrected chi connectivity index (χ2v) is 10.8. The lowest BCUT2D eigenvalue weighted by Gasteiger charge is -2.32. The van der Waals surface area contributed by atoms with Gasteiger partial charge in [-0.15, -0.1) is 10.2 Å². The van der Waals surface area contributed by atoms with Gasteiger partial charge in [0.15, 0.2) is 0 Å². The molecule has 32 heavy (non-hydrogen) atoms. The van der Waals surface area contributed by atoms with Gasteiger partial charge in [0, 0.05) is 12.7 Å². The van der Waals surface area contributed by atoms with Crippen LogP contribution < -0.4 is 4.72 Å². The van der Waals surface area contributed by atoms with Crippen molar-refractivity contribution in [3.05, 3.63) is 66.0 Å². The Hall–Kier alpha value is -2.43. The second-order valence-electron chi connectivity index (χ2n) is 9.13. The van der Waals surface area contributed by atoms with E-state index in [0.717, 1.165) is 11.6 Å². The number of halogens is 2. The van der Waals surface area contributed by atoms with Crippen LogP contribution in [-0.2, 0) is 20.2 Å². The van der Waals surface area contributed by atoms with Gasteiger partial charge in [0.1, 0.15) is 18.0 Å². The Labute approximate surface area is 186 Å². The Bertz CT molecular complexity index is 1150. The van der Waals surface area contributed by atoms with E-state index in [1.807, 2.05) is 20.8 Å². The molecular formula is C22H26F2N4O3S. The molecule has 1 aliphatic carbocycles. The van der Waals surface area contributed by atoms with Crippen molar-refractivity contribution in [2.45, 2.75) is 55.3 Å². The van der Waals surface area contributed by atoms with Crippen molar-refractivity contribution in [1.29, 1.82) is 0 Å². The van der Waals surface area contributed by atoms with Crippen LogP contribution in [0.1, 0.15) is 50.5 Å². The van der Waals surface area contributed by atoms with Gasteiger partial charge in [-0.3, -0.25) is 0 Å². The summed E-state index contributed by atoms with van der Waals surface area (Å²) in [5, 5.41) is 7.90. The van der Waals surface area contributed by atoms with Crippen LogP contribution in [0.3, 0.4) is 0 Å². The van der Waals surface area contributed by atoms with Crippen LogP contribution in [-0.4, -0.2) is 42.2 Å². The molecule has 0 bridgehead atoms. The highest BCUT2D eigenvalue weighted by Gasteiger charge is 2.46. The normalized spacial score (nSPS) is 26.3. The minimum Gasteiger partial charge on any atom is -0.379 e. The van der Waals surface area contributed by atoms with Crippen LogP contribution in [0.4, 0.5) is 8.78 Å². The van der Waals surface area contributed by atoms with E-state index in [0.29, 0.717) is 25.7 Å². The van der Waals surface area contributed by atoms with Gasteiger partial charge < -0.3 is 9.30 Å². The largest absolute Gasteiger partial charge is 0.379 e. The van der Waals surface area contributed by atoms with Crippen LogP contribution in [0.5, 0.6) is 0 Å². The molecule has 172 valence electrons. The minimum atomic E-state index is -4.31. The lowest BCUT2D eigenvalue weighted by atomic mass is 9.87. The van der Waals surface area contributed by atoms with Gasteiger partial charge >= 0.3 is 0 Å². The highest BCUT2D eigenvalue weighted by molar-refractivity contribution is 7.89. The van der Waals surface area contributed by atoms with Crippen LogP contribution >= 0.6 is 0 Å². The second kappa shape index (κ2) is 8.17. The maximum Gasteiger partial charge on any atom is 0.243 e. The van der Waals surface area contributed by atoms with E-state index < -0.39 is 27.6 Å². The molecule has 0 amide bonds. The number of hydrogen-bond acceptors (Lipinski definition) is 5. The monoisotopic (exact) mass is 464 g/mol. The predicted molar refractivity (Wildman–Crippen MR) is 115 cm³/mol. The van der Waals surface area contributed by atoms with Gasteiger partial charge in [-0.2, -0.15) is 4.72 Å². The van der Waals surface area contributed by atoms with Gasteiger partial charge in [-0.05, 0) is 35.6 Å². The first-order valence-corrected chi connectivity index (χ1v) is 11.8. The van der Waals surface area contributed by atoms with E-state index in [4.69, 9.17) is 4.74 Å². The minimum absolute atomic E-state index is 0.102. The van der Waals surface area contributed by atoms with Gasteiger partial charge in [-0.25, -0.2) is 17.2 Å². The number of alkyl halides is 1. The standard InChI is InChI=1S/C22H26F2N4O3S/c1-21(2,3)15-4-7-18(8-5-15)32(29,30)27-22(24)12-16(23)6-9-19(22)20-26-25-14-28(20)17-10-11-31-13-17/h4-9,12,14,17,19,27H,10-11,13H2,1-3H3. The van der Waals surface area contributed by atoms with Gasteiger partial charge in [0.2, 0.25) is 15.8 Å². The molecule has 1 fully saturated rings. The third-order valence-corrected chi connectivity index (χ3v) is 7.22. The smallest absolute Gasteiger partial charge is 0.243 e. The molecule has 1 aromatic heterocycles. The summed E-state index contributed by atoms with van der Waals surface area (Å²) < 4.78 is 65.5. The van der Waals surface area contributed by atoms with Crippen LogP contribution in [0.2, 0.25) is 0 Å². The number of aromatic nitrogens is 3. The Morgan fingerprint density at radius 3 is 2.59 bits per heavy atom. The van der Waals surface area contributed by atoms with E-state index in [1.165, 1.54) is 24.5 Å². The molecule has 3 unspecified atom stereocenters. The summed E-state index contributed by atoms with van der Waals surface area (Å²) >= 11 is 0. The maximum absolute atomic E-state index is 16.2. The third-order valence-electron chi connectivity index (χ3n) is 5.75. The number of nitrogens with zero attached hydrogens (tertiary/aromatic N) is 3. The highest BCUT2D eigenvalue weighted by Crippen LogP contribution is 2.39. The molecule has 0 radical (unpaired) electrons. The van der Waals surface area contributed by atoms with E-state index in [2.05, 4.69) is 14.9 Å². The van der Waals surface area contributed by atoms with Gasteiger partial charge in [0.05, 0.1) is 23.5 Å². The Morgan fingerprint density at radius 2 is 1.97 bits per heavy atom. The summed E-state index contributed by atoms with van der Waals surface area (Å²) in [6.07, 6.45) is 5.13. The molecule has 2 aromatic rings. The third kappa shape index (κ3) is 4.39. The summed E-state index contributed by atoms with van der Waals surface area (Å²) in [6, 6.07) is 6.10. The fourth-order valence-corrected chi connectivity index (χ4v) is 5.14. The van der Waals surface area contributed by atoms with Crippen molar-refractivity contribution in [3.63, 3.8) is 0 Å². The first-order valence-electron chi connectivity index (χ1n) is 10.4. The summed E-state index contributed by atoms with van der Waals surface area (Å²) in [7, 11) is -4.31. The first-order chi connectivity index (χ1) is 15.0. The lowest BCUT2D eigenvalue weighted by molar-refractivity contribution is 0.170. The summed E-state index contributed by atoms with van der Waals surface area (Å²) in [5.41, 5.74) is 0.763. The zero-order valence-electron chi connectivity index (χ0n) is 18.1. The van der Waals surface area contributed by atoms with Crippen molar-refractivity contribution in [2.75, 3.05) is 13.2 Å². The molecule has 1 aliphatic heterocycles. The number of rotatable bonds is 5. The summed E-state index contributed by atoms with van der Waals surface area (Å²) in [5.74, 6) is -4.68. The molecule has 3 atom stereocenters. The van der Waals surface area contributed by atoms with Crippen LogP contribution in [0.25, 0.3) is 0 Å². The summed E-state index contributed by atoms with van der Waals surface area (Å²) in [6.45, 7) is 6.97.